The van der Waals surface area contributed by atoms with Crippen LogP contribution in [0, 0.1) is 0 Å². The van der Waals surface area contributed by atoms with Crippen molar-refractivity contribution in [3.63, 3.8) is 0 Å². The van der Waals surface area contributed by atoms with Crippen molar-refractivity contribution in [3.8, 4) is 0 Å². The summed E-state index contributed by atoms with van der Waals surface area (Å²) in [5.41, 5.74) is 4.46. The van der Waals surface area contributed by atoms with Gasteiger partial charge in [0.2, 0.25) is 0 Å². The minimum atomic E-state index is -1.03. The van der Waals surface area contributed by atoms with Crippen molar-refractivity contribution in [2.45, 2.75) is 31.7 Å². The van der Waals surface area contributed by atoms with Crippen molar-refractivity contribution in [1.29, 1.82) is 0 Å². The molecule has 0 aromatic heterocycles. The number of hydrogen-bond acceptors (Lipinski definition) is 4. The first-order valence-corrected chi connectivity index (χ1v) is 11.0. The third kappa shape index (κ3) is 3.87. The highest BCUT2D eigenvalue weighted by Gasteiger charge is 2.45. The van der Waals surface area contributed by atoms with Crippen LogP contribution in [0.2, 0.25) is 15.1 Å². The molecule has 1 N–H and O–H groups in total. The Hall–Kier alpha value is -1.92. The Morgan fingerprint density at radius 2 is 1.67 bits per heavy atom. The van der Waals surface area contributed by atoms with E-state index in [1.165, 1.54) is 6.42 Å². The van der Waals surface area contributed by atoms with Crippen molar-refractivity contribution < 1.29 is 4.79 Å². The maximum absolute atomic E-state index is 13.0. The van der Waals surface area contributed by atoms with Gasteiger partial charge < -0.3 is 0 Å². The Morgan fingerprint density at radius 3 is 2.33 bits per heavy atom. The zero-order valence-corrected chi connectivity index (χ0v) is 18.7. The Bertz CT molecular complexity index is 1030. The largest absolute Gasteiger partial charge is 0.286 e. The number of amides is 1. The lowest BCUT2D eigenvalue weighted by Gasteiger charge is -2.29. The van der Waals surface area contributed by atoms with E-state index in [4.69, 9.17) is 34.8 Å². The van der Waals surface area contributed by atoms with Crippen molar-refractivity contribution >= 4 is 40.7 Å². The second-order valence-corrected chi connectivity index (χ2v) is 8.78. The molecule has 156 valence electrons. The standard InChI is InChI=1S/C22H21Cl3N4O/c1-14-20(21(30)27-29-11-3-2-4-12-29)26-28-22(14,15-5-7-16(23)8-6-15)18-10-9-17(24)13-19(18)25/h5-10,13H,2-4,11-12H2,1H3,(H,27,30). The van der Waals surface area contributed by atoms with E-state index in [1.54, 1.807) is 24.3 Å². The highest BCUT2D eigenvalue weighted by Crippen LogP contribution is 2.49. The molecular formula is C22H21Cl3N4O. The monoisotopic (exact) mass is 462 g/mol. The summed E-state index contributed by atoms with van der Waals surface area (Å²) in [7, 11) is 0. The lowest BCUT2D eigenvalue weighted by molar-refractivity contribution is -0.122. The highest BCUT2D eigenvalue weighted by atomic mass is 35.5. The number of carbonyl (C=O) groups is 1. The summed E-state index contributed by atoms with van der Waals surface area (Å²) >= 11 is 18.8. The molecule has 2 aromatic rings. The molecule has 30 heavy (non-hydrogen) atoms. The summed E-state index contributed by atoms with van der Waals surface area (Å²) in [5.74, 6) is -0.265. The van der Waals surface area contributed by atoms with Crippen LogP contribution in [-0.2, 0) is 10.3 Å². The van der Waals surface area contributed by atoms with Crippen LogP contribution in [0.15, 0.2) is 64.0 Å². The number of azo groups is 1. The van der Waals surface area contributed by atoms with Gasteiger partial charge in [0, 0.05) is 33.7 Å². The van der Waals surface area contributed by atoms with Gasteiger partial charge in [0.25, 0.3) is 5.91 Å². The van der Waals surface area contributed by atoms with Gasteiger partial charge in [0.05, 0.1) is 0 Å². The van der Waals surface area contributed by atoms with Crippen LogP contribution in [0.1, 0.15) is 37.3 Å². The van der Waals surface area contributed by atoms with Crippen LogP contribution in [-0.4, -0.2) is 24.0 Å². The molecule has 0 radical (unpaired) electrons. The first-order chi connectivity index (χ1) is 14.4. The molecular weight excluding hydrogens is 443 g/mol. The van der Waals surface area contributed by atoms with Crippen molar-refractivity contribution in [1.82, 2.24) is 10.4 Å². The van der Waals surface area contributed by atoms with Crippen LogP contribution >= 0.6 is 34.8 Å². The minimum Gasteiger partial charge on any atom is -0.283 e. The molecule has 4 rings (SSSR count). The predicted octanol–water partition coefficient (Wildman–Crippen LogP) is 6.15. The fourth-order valence-electron chi connectivity index (χ4n) is 4.02. The quantitative estimate of drug-likeness (QED) is 0.591. The second kappa shape index (κ2) is 8.67. The van der Waals surface area contributed by atoms with Gasteiger partial charge in [-0.15, -0.1) is 5.11 Å². The highest BCUT2D eigenvalue weighted by molar-refractivity contribution is 6.35. The first-order valence-electron chi connectivity index (χ1n) is 9.83. The third-order valence-corrected chi connectivity index (χ3v) is 6.41. The van der Waals surface area contributed by atoms with E-state index in [0.717, 1.165) is 31.5 Å². The van der Waals surface area contributed by atoms with E-state index in [1.807, 2.05) is 30.1 Å². The average Bonchev–Trinajstić information content (AvgIpc) is 3.07. The van der Waals surface area contributed by atoms with Crippen molar-refractivity contribution in [3.05, 3.63) is 79.9 Å². The van der Waals surface area contributed by atoms with E-state index < -0.39 is 5.54 Å². The lowest BCUT2D eigenvalue weighted by atomic mass is 9.78. The van der Waals surface area contributed by atoms with Gasteiger partial charge in [-0.25, -0.2) is 5.01 Å². The summed E-state index contributed by atoms with van der Waals surface area (Å²) < 4.78 is 0. The van der Waals surface area contributed by atoms with E-state index in [-0.39, 0.29) is 5.91 Å². The summed E-state index contributed by atoms with van der Waals surface area (Å²) in [4.78, 5) is 13.0. The van der Waals surface area contributed by atoms with Crippen LogP contribution in [0.3, 0.4) is 0 Å². The molecule has 1 unspecified atom stereocenters. The number of carbonyl (C=O) groups excluding carboxylic acids is 1. The molecule has 8 heteroatoms. The molecule has 0 saturated carbocycles. The first kappa shape index (κ1) is 21.3. The van der Waals surface area contributed by atoms with E-state index >= 15 is 0 Å². The van der Waals surface area contributed by atoms with Gasteiger partial charge in [-0.3, -0.25) is 10.2 Å². The number of halogens is 3. The number of piperidine rings is 1. The number of nitrogens with one attached hydrogen (secondary N) is 1. The van der Waals surface area contributed by atoms with Gasteiger partial charge in [-0.05, 0) is 55.2 Å². The van der Waals surface area contributed by atoms with Gasteiger partial charge in [-0.2, -0.15) is 5.11 Å². The summed E-state index contributed by atoms with van der Waals surface area (Å²) in [5, 5.41) is 12.4. The van der Waals surface area contributed by atoms with E-state index in [9.17, 15) is 4.79 Å². The second-order valence-electron chi connectivity index (χ2n) is 7.50. The number of benzene rings is 2. The SMILES string of the molecule is CC1=C(C(=O)NN2CCCCC2)N=NC1(c1ccc(Cl)cc1)c1ccc(Cl)cc1Cl. The van der Waals surface area contributed by atoms with Crippen LogP contribution in [0.5, 0.6) is 0 Å². The maximum Gasteiger partial charge on any atom is 0.286 e. The fraction of sp³-hybridized carbons (Fsp3) is 0.318. The number of hydrogen-bond donors (Lipinski definition) is 1. The molecule has 0 aliphatic carbocycles. The van der Waals surface area contributed by atoms with Crippen molar-refractivity contribution in [2.24, 2.45) is 10.2 Å². The van der Waals surface area contributed by atoms with Gasteiger partial charge in [0.15, 0.2) is 11.2 Å². The molecule has 0 spiro atoms. The van der Waals surface area contributed by atoms with Gasteiger partial charge >= 0.3 is 0 Å². The Kier molecular flexibility index (Phi) is 6.16. The molecule has 5 nitrogen and oxygen atoms in total. The lowest BCUT2D eigenvalue weighted by Crippen LogP contribution is -2.45. The number of nitrogens with zero attached hydrogens (tertiary/aromatic N) is 3. The average molecular weight is 464 g/mol. The van der Waals surface area contributed by atoms with E-state index in [0.29, 0.717) is 31.9 Å². The minimum absolute atomic E-state index is 0.265. The maximum atomic E-state index is 13.0. The third-order valence-electron chi connectivity index (χ3n) is 5.61. The van der Waals surface area contributed by atoms with Crippen LogP contribution in [0.4, 0.5) is 0 Å². The predicted molar refractivity (Wildman–Crippen MR) is 120 cm³/mol. The number of hydrazine groups is 1. The molecule has 1 amide bonds. The zero-order chi connectivity index (χ0) is 21.3. The fourth-order valence-corrected chi connectivity index (χ4v) is 4.70. The topological polar surface area (TPSA) is 57.1 Å². The van der Waals surface area contributed by atoms with Crippen LogP contribution in [0.25, 0.3) is 0 Å². The van der Waals surface area contributed by atoms with Crippen LogP contribution < -0.4 is 5.43 Å². The Labute approximate surface area is 190 Å². The molecule has 2 heterocycles. The summed E-state index contributed by atoms with van der Waals surface area (Å²) in [6, 6.07) is 12.6. The Morgan fingerprint density at radius 1 is 1.00 bits per heavy atom. The molecule has 1 atom stereocenters. The van der Waals surface area contributed by atoms with Crippen molar-refractivity contribution in [2.75, 3.05) is 13.1 Å². The molecule has 2 aliphatic heterocycles. The molecule has 2 aliphatic rings. The normalized spacial score (nSPS) is 21.9. The molecule has 1 fully saturated rings. The van der Waals surface area contributed by atoms with E-state index in [2.05, 4.69) is 15.7 Å². The summed E-state index contributed by atoms with van der Waals surface area (Å²) in [6.45, 7) is 3.53. The molecule has 0 bridgehead atoms. The smallest absolute Gasteiger partial charge is 0.283 e. The zero-order valence-electron chi connectivity index (χ0n) is 16.5. The molecule has 1 saturated heterocycles. The van der Waals surface area contributed by atoms with Gasteiger partial charge in [-0.1, -0.05) is 59.4 Å². The summed E-state index contributed by atoms with van der Waals surface area (Å²) in [6.07, 6.45) is 3.31. The number of rotatable bonds is 4. The Balaban J connectivity index is 1.79. The van der Waals surface area contributed by atoms with Gasteiger partial charge in [0.1, 0.15) is 0 Å². The molecule has 2 aromatic carbocycles.